The summed E-state index contributed by atoms with van der Waals surface area (Å²) >= 11 is 3.56. The molecule has 6 nitrogen and oxygen atoms in total. The third kappa shape index (κ3) is 6.95. The van der Waals surface area contributed by atoms with Crippen molar-refractivity contribution in [2.24, 2.45) is 0 Å². The van der Waals surface area contributed by atoms with Gasteiger partial charge >= 0.3 is 0 Å². The van der Waals surface area contributed by atoms with E-state index in [1.54, 1.807) is 0 Å². The number of ether oxygens (including phenoxy) is 2. The molecule has 2 aromatic carbocycles. The maximum atomic E-state index is 12.7. The van der Waals surface area contributed by atoms with Gasteiger partial charge < -0.3 is 19.7 Å². The summed E-state index contributed by atoms with van der Waals surface area (Å²) in [6, 6.07) is 11.9. The minimum absolute atomic E-state index is 0.0657. The minimum atomic E-state index is -0.0657. The molecule has 0 atom stereocenters. The second kappa shape index (κ2) is 11.5. The van der Waals surface area contributed by atoms with Crippen LogP contribution in [0.5, 0.6) is 11.5 Å². The average molecular weight is 490 g/mol. The van der Waals surface area contributed by atoms with Crippen molar-refractivity contribution in [2.75, 3.05) is 51.8 Å². The Bertz CT molecular complexity index is 882. The lowest BCUT2D eigenvalue weighted by Crippen LogP contribution is -2.43. The smallest absolute Gasteiger partial charge is 0.228 e. The number of amides is 1. The summed E-state index contributed by atoms with van der Waals surface area (Å²) in [5, 5.41) is 3.03. The van der Waals surface area contributed by atoms with Gasteiger partial charge in [0, 0.05) is 42.9 Å². The monoisotopic (exact) mass is 489 g/mol. The molecule has 168 valence electrons. The summed E-state index contributed by atoms with van der Waals surface area (Å²) in [5.41, 5.74) is 2.89. The van der Waals surface area contributed by atoms with Crippen molar-refractivity contribution in [3.05, 3.63) is 52.0 Å². The molecular formula is C24H32BrN3O3. The Morgan fingerprint density at radius 2 is 1.71 bits per heavy atom. The molecule has 0 saturated carbocycles. The van der Waals surface area contributed by atoms with Gasteiger partial charge in [-0.25, -0.2) is 0 Å². The van der Waals surface area contributed by atoms with Gasteiger partial charge in [0.2, 0.25) is 5.91 Å². The number of benzene rings is 2. The van der Waals surface area contributed by atoms with E-state index < -0.39 is 0 Å². The molecule has 1 aliphatic heterocycles. The highest BCUT2D eigenvalue weighted by atomic mass is 79.9. The molecule has 0 aromatic heterocycles. The fourth-order valence-electron chi connectivity index (χ4n) is 3.64. The van der Waals surface area contributed by atoms with Crippen LogP contribution in [0.1, 0.15) is 25.0 Å². The van der Waals surface area contributed by atoms with Gasteiger partial charge in [0.05, 0.1) is 19.6 Å². The van der Waals surface area contributed by atoms with Crippen LogP contribution in [0.25, 0.3) is 0 Å². The molecule has 0 aliphatic carbocycles. The molecule has 1 amide bonds. The van der Waals surface area contributed by atoms with Gasteiger partial charge in [-0.05, 0) is 56.3 Å². The highest BCUT2D eigenvalue weighted by molar-refractivity contribution is 9.10. The lowest BCUT2D eigenvalue weighted by Gasteiger charge is -2.32. The predicted octanol–water partition coefficient (Wildman–Crippen LogP) is 4.18. The molecule has 0 unspecified atom stereocenters. The lowest BCUT2D eigenvalue weighted by molar-refractivity contribution is -0.115. The number of rotatable bonds is 9. The van der Waals surface area contributed by atoms with Crippen molar-refractivity contribution in [3.63, 3.8) is 0 Å². The predicted molar refractivity (Wildman–Crippen MR) is 128 cm³/mol. The van der Waals surface area contributed by atoms with E-state index in [0.717, 1.165) is 48.4 Å². The van der Waals surface area contributed by atoms with E-state index in [9.17, 15) is 4.79 Å². The molecule has 3 rings (SSSR count). The quantitative estimate of drug-likeness (QED) is 0.572. The Kier molecular flexibility index (Phi) is 8.75. The first-order valence-corrected chi connectivity index (χ1v) is 11.7. The van der Waals surface area contributed by atoms with E-state index >= 15 is 0 Å². The molecular weight excluding hydrogens is 458 g/mol. The van der Waals surface area contributed by atoms with Gasteiger partial charge in [0.15, 0.2) is 11.5 Å². The van der Waals surface area contributed by atoms with Crippen molar-refractivity contribution in [1.82, 2.24) is 9.80 Å². The van der Waals surface area contributed by atoms with Gasteiger partial charge in [0.25, 0.3) is 0 Å². The summed E-state index contributed by atoms with van der Waals surface area (Å²) in [6.45, 7) is 10.2. The van der Waals surface area contributed by atoms with Gasteiger partial charge in [-0.3, -0.25) is 9.69 Å². The number of carbonyl (C=O) groups is 1. The zero-order valence-electron chi connectivity index (χ0n) is 18.6. The van der Waals surface area contributed by atoms with E-state index in [0.29, 0.717) is 24.7 Å². The Hall–Kier alpha value is -2.09. The summed E-state index contributed by atoms with van der Waals surface area (Å²) in [5.74, 6) is 1.27. The Morgan fingerprint density at radius 3 is 2.39 bits per heavy atom. The van der Waals surface area contributed by atoms with Gasteiger partial charge in [-0.1, -0.05) is 28.1 Å². The van der Waals surface area contributed by atoms with Gasteiger partial charge in [-0.2, -0.15) is 0 Å². The number of piperazine rings is 1. The van der Waals surface area contributed by atoms with E-state index in [4.69, 9.17) is 9.47 Å². The van der Waals surface area contributed by atoms with Gasteiger partial charge in [0.1, 0.15) is 0 Å². The molecule has 2 aromatic rings. The van der Waals surface area contributed by atoms with Crippen LogP contribution in [-0.2, 0) is 17.8 Å². The first-order chi connectivity index (χ1) is 15.0. The van der Waals surface area contributed by atoms with E-state index in [1.807, 2.05) is 38.1 Å². The largest absolute Gasteiger partial charge is 0.490 e. The fraction of sp³-hybridized carbons (Fsp3) is 0.458. The fourth-order valence-corrected chi connectivity index (χ4v) is 4.10. The lowest BCUT2D eigenvalue weighted by atomic mass is 10.1. The van der Waals surface area contributed by atoms with Crippen LogP contribution in [0.2, 0.25) is 0 Å². The standard InChI is InChI=1S/C24H32BrN3O3/c1-4-30-22-14-19(21(25)16-23(22)31-5-2)15-24(29)26-20-8-6-7-18(13-20)17-28-11-9-27(3)10-12-28/h6-8,13-14,16H,4-5,9-12,15,17H2,1-3H3,(H,26,29). The molecule has 0 spiro atoms. The Morgan fingerprint density at radius 1 is 1.03 bits per heavy atom. The molecule has 1 saturated heterocycles. The Balaban J connectivity index is 1.63. The molecule has 1 fully saturated rings. The number of likely N-dealkylation sites (N-methyl/N-ethyl adjacent to an activating group) is 1. The third-order valence-electron chi connectivity index (χ3n) is 5.28. The molecule has 1 aliphatic rings. The normalized spacial score (nSPS) is 15.0. The van der Waals surface area contributed by atoms with Crippen molar-refractivity contribution in [3.8, 4) is 11.5 Å². The van der Waals surface area contributed by atoms with Crippen LogP contribution in [0, 0.1) is 0 Å². The van der Waals surface area contributed by atoms with Crippen molar-refractivity contribution >= 4 is 27.5 Å². The first kappa shape index (κ1) is 23.6. The molecule has 1 heterocycles. The van der Waals surface area contributed by atoms with Crippen LogP contribution in [0.3, 0.4) is 0 Å². The number of nitrogens with zero attached hydrogens (tertiary/aromatic N) is 2. The van der Waals surface area contributed by atoms with Crippen LogP contribution in [0.4, 0.5) is 5.69 Å². The Labute approximate surface area is 193 Å². The van der Waals surface area contributed by atoms with E-state index in [-0.39, 0.29) is 12.3 Å². The summed E-state index contributed by atoms with van der Waals surface area (Å²) in [7, 11) is 2.16. The molecule has 0 bridgehead atoms. The van der Waals surface area contributed by atoms with E-state index in [1.165, 1.54) is 5.56 Å². The molecule has 31 heavy (non-hydrogen) atoms. The van der Waals surface area contributed by atoms with Gasteiger partial charge in [-0.15, -0.1) is 0 Å². The zero-order chi connectivity index (χ0) is 22.2. The number of anilines is 1. The van der Waals surface area contributed by atoms with Crippen LogP contribution in [0.15, 0.2) is 40.9 Å². The first-order valence-electron chi connectivity index (χ1n) is 10.9. The van der Waals surface area contributed by atoms with E-state index in [2.05, 4.69) is 50.2 Å². The van der Waals surface area contributed by atoms with Crippen LogP contribution in [-0.4, -0.2) is 62.1 Å². The molecule has 7 heteroatoms. The summed E-state index contributed by atoms with van der Waals surface area (Å²) < 4.78 is 12.2. The van der Waals surface area contributed by atoms with Crippen LogP contribution < -0.4 is 14.8 Å². The number of halogens is 1. The maximum Gasteiger partial charge on any atom is 0.228 e. The SMILES string of the molecule is CCOc1cc(Br)c(CC(=O)Nc2cccc(CN3CCN(C)CC3)c2)cc1OCC. The van der Waals surface area contributed by atoms with Crippen LogP contribution >= 0.6 is 15.9 Å². The molecule has 1 N–H and O–H groups in total. The minimum Gasteiger partial charge on any atom is -0.490 e. The summed E-state index contributed by atoms with van der Waals surface area (Å²) in [4.78, 5) is 17.5. The number of hydrogen-bond acceptors (Lipinski definition) is 5. The second-order valence-electron chi connectivity index (χ2n) is 7.76. The highest BCUT2D eigenvalue weighted by Crippen LogP contribution is 2.34. The summed E-state index contributed by atoms with van der Waals surface area (Å²) in [6.07, 6.45) is 0.246. The highest BCUT2D eigenvalue weighted by Gasteiger charge is 2.16. The second-order valence-corrected chi connectivity index (χ2v) is 8.62. The topological polar surface area (TPSA) is 54.0 Å². The number of hydrogen-bond donors (Lipinski definition) is 1. The maximum absolute atomic E-state index is 12.7. The van der Waals surface area contributed by atoms with Crippen molar-refractivity contribution in [2.45, 2.75) is 26.8 Å². The third-order valence-corrected chi connectivity index (χ3v) is 6.01. The molecule has 0 radical (unpaired) electrons. The van der Waals surface area contributed by atoms with Crippen molar-refractivity contribution in [1.29, 1.82) is 0 Å². The number of nitrogens with one attached hydrogen (secondary N) is 1. The number of carbonyl (C=O) groups excluding carboxylic acids is 1. The zero-order valence-corrected chi connectivity index (χ0v) is 20.2. The average Bonchev–Trinajstić information content (AvgIpc) is 2.73. The van der Waals surface area contributed by atoms with Crippen molar-refractivity contribution < 1.29 is 14.3 Å².